The van der Waals surface area contributed by atoms with E-state index in [0.717, 1.165) is 25.7 Å². The van der Waals surface area contributed by atoms with Gasteiger partial charge in [0, 0.05) is 6.54 Å². The fourth-order valence-electron chi connectivity index (χ4n) is 2.94. The second-order valence-electron chi connectivity index (χ2n) is 6.28. The summed E-state index contributed by atoms with van der Waals surface area (Å²) >= 11 is 0. The topological polar surface area (TPSA) is 105 Å². The Labute approximate surface area is 148 Å². The van der Waals surface area contributed by atoms with Crippen LogP contribution in [0.15, 0.2) is 29.2 Å². The monoisotopic (exact) mass is 370 g/mol. The molecule has 1 aliphatic carbocycles. The molecular weight excluding hydrogens is 344 g/mol. The first kappa shape index (κ1) is 19.7. The fraction of sp³-hybridized carbons (Fsp3) is 0.588. The number of hydrogen-bond donors (Lipinski definition) is 3. The Morgan fingerprint density at radius 1 is 1.24 bits per heavy atom. The molecule has 0 saturated heterocycles. The summed E-state index contributed by atoms with van der Waals surface area (Å²) in [5.74, 6) is 0.447. The van der Waals surface area contributed by atoms with E-state index < -0.39 is 28.6 Å². The number of aliphatic hydroxyl groups is 1. The molecule has 1 aromatic carbocycles. The number of carbonyl (C=O) groups excluding carboxylic acids is 1. The molecule has 1 amide bonds. The van der Waals surface area contributed by atoms with Gasteiger partial charge < -0.3 is 15.2 Å². The molecule has 0 spiro atoms. The van der Waals surface area contributed by atoms with Gasteiger partial charge in [0.05, 0.1) is 18.6 Å². The van der Waals surface area contributed by atoms with Crippen molar-refractivity contribution in [2.24, 2.45) is 5.92 Å². The first-order chi connectivity index (χ1) is 12.0. The van der Waals surface area contributed by atoms with Crippen molar-refractivity contribution < 1.29 is 23.1 Å². The van der Waals surface area contributed by atoms with Gasteiger partial charge in [0.15, 0.2) is 0 Å². The van der Waals surface area contributed by atoms with Gasteiger partial charge in [0.2, 0.25) is 15.9 Å². The van der Waals surface area contributed by atoms with Gasteiger partial charge in [-0.15, -0.1) is 0 Å². The van der Waals surface area contributed by atoms with Crippen LogP contribution < -0.4 is 14.8 Å². The van der Waals surface area contributed by atoms with Gasteiger partial charge in [-0.2, -0.15) is 4.72 Å². The summed E-state index contributed by atoms with van der Waals surface area (Å²) in [7, 11) is -2.42. The van der Waals surface area contributed by atoms with Gasteiger partial charge in [-0.25, -0.2) is 8.42 Å². The lowest BCUT2D eigenvalue weighted by Crippen LogP contribution is -2.49. The Bertz CT molecular complexity index is 654. The lowest BCUT2D eigenvalue weighted by molar-refractivity contribution is -0.123. The van der Waals surface area contributed by atoms with Gasteiger partial charge in [0.1, 0.15) is 11.8 Å². The van der Waals surface area contributed by atoms with Crippen LogP contribution in [0.2, 0.25) is 0 Å². The molecule has 25 heavy (non-hydrogen) atoms. The van der Waals surface area contributed by atoms with Crippen LogP contribution in [0.5, 0.6) is 5.75 Å². The number of ether oxygens (including phenoxy) is 1. The average Bonchev–Trinajstić information content (AvgIpc) is 2.65. The highest BCUT2D eigenvalue weighted by molar-refractivity contribution is 7.89. The molecule has 3 N–H and O–H groups in total. The minimum atomic E-state index is -3.91. The molecule has 1 atom stereocenters. The number of benzene rings is 1. The highest BCUT2D eigenvalue weighted by atomic mass is 32.2. The van der Waals surface area contributed by atoms with E-state index in [1.54, 1.807) is 0 Å². The number of carbonyl (C=O) groups is 1. The number of nitrogens with one attached hydrogen (secondary N) is 2. The van der Waals surface area contributed by atoms with Gasteiger partial charge in [0.25, 0.3) is 0 Å². The Morgan fingerprint density at radius 3 is 2.44 bits per heavy atom. The summed E-state index contributed by atoms with van der Waals surface area (Å²) < 4.78 is 32.0. The van der Waals surface area contributed by atoms with Crippen molar-refractivity contribution >= 4 is 15.9 Å². The van der Waals surface area contributed by atoms with Gasteiger partial charge >= 0.3 is 0 Å². The predicted octanol–water partition coefficient (Wildman–Crippen LogP) is 1.03. The lowest BCUT2D eigenvalue weighted by atomic mass is 9.89. The lowest BCUT2D eigenvalue weighted by Gasteiger charge is -2.23. The summed E-state index contributed by atoms with van der Waals surface area (Å²) in [6.07, 6.45) is 5.69. The van der Waals surface area contributed by atoms with Crippen molar-refractivity contribution in [3.63, 3.8) is 0 Å². The molecule has 7 nitrogen and oxygen atoms in total. The SMILES string of the molecule is COc1ccc(S(=O)(=O)NC(CO)C(=O)NCC2CCCCC2)cc1. The van der Waals surface area contributed by atoms with E-state index in [1.807, 2.05) is 0 Å². The van der Waals surface area contributed by atoms with Gasteiger partial charge in [-0.05, 0) is 43.0 Å². The maximum Gasteiger partial charge on any atom is 0.241 e. The third-order valence-corrected chi connectivity index (χ3v) is 5.94. The minimum Gasteiger partial charge on any atom is -0.497 e. The summed E-state index contributed by atoms with van der Waals surface area (Å²) in [5.41, 5.74) is 0. The number of amides is 1. The molecular formula is C17H26N2O5S. The molecule has 1 saturated carbocycles. The van der Waals surface area contributed by atoms with Crippen LogP contribution in [0, 0.1) is 5.92 Å². The highest BCUT2D eigenvalue weighted by Gasteiger charge is 2.26. The maximum absolute atomic E-state index is 12.4. The van der Waals surface area contributed by atoms with Crippen LogP contribution in [0.4, 0.5) is 0 Å². The van der Waals surface area contributed by atoms with E-state index in [0.29, 0.717) is 18.2 Å². The largest absolute Gasteiger partial charge is 0.497 e. The first-order valence-electron chi connectivity index (χ1n) is 8.51. The Kier molecular flexibility index (Phi) is 7.22. The van der Waals surface area contributed by atoms with E-state index in [2.05, 4.69) is 10.0 Å². The summed E-state index contributed by atoms with van der Waals surface area (Å²) in [6, 6.07) is 4.60. The number of methoxy groups -OCH3 is 1. The molecule has 0 radical (unpaired) electrons. The smallest absolute Gasteiger partial charge is 0.241 e. The van der Waals surface area contributed by atoms with E-state index in [9.17, 15) is 18.3 Å². The van der Waals surface area contributed by atoms with Crippen molar-refractivity contribution in [2.75, 3.05) is 20.3 Å². The zero-order chi connectivity index (χ0) is 18.3. The standard InChI is InChI=1S/C17H26N2O5S/c1-24-14-7-9-15(10-8-14)25(22,23)19-16(12-20)17(21)18-11-13-5-3-2-4-6-13/h7-10,13,16,19-20H,2-6,11-12H2,1H3,(H,18,21). The van der Waals surface area contributed by atoms with Crippen LogP contribution in [0.3, 0.4) is 0 Å². The zero-order valence-corrected chi connectivity index (χ0v) is 15.2. The van der Waals surface area contributed by atoms with Crippen molar-refractivity contribution in [3.8, 4) is 5.75 Å². The van der Waals surface area contributed by atoms with Crippen molar-refractivity contribution in [1.82, 2.24) is 10.0 Å². The molecule has 0 aromatic heterocycles. The number of rotatable bonds is 8. The molecule has 1 aromatic rings. The summed E-state index contributed by atoms with van der Waals surface area (Å²) in [5, 5.41) is 12.2. The minimum absolute atomic E-state index is 0.00632. The Balaban J connectivity index is 1.95. The molecule has 140 valence electrons. The van der Waals surface area contributed by atoms with E-state index in [1.165, 1.54) is 37.8 Å². The van der Waals surface area contributed by atoms with Crippen LogP contribution >= 0.6 is 0 Å². The molecule has 0 bridgehead atoms. The predicted molar refractivity (Wildman–Crippen MR) is 93.8 cm³/mol. The summed E-state index contributed by atoms with van der Waals surface area (Å²) in [4.78, 5) is 12.2. The quantitative estimate of drug-likeness (QED) is 0.634. The van der Waals surface area contributed by atoms with Crippen LogP contribution in [0.25, 0.3) is 0 Å². The van der Waals surface area contributed by atoms with E-state index in [4.69, 9.17) is 4.74 Å². The molecule has 8 heteroatoms. The van der Waals surface area contributed by atoms with E-state index >= 15 is 0 Å². The molecule has 2 rings (SSSR count). The van der Waals surface area contributed by atoms with Crippen LogP contribution in [-0.4, -0.2) is 45.7 Å². The van der Waals surface area contributed by atoms with Crippen molar-refractivity contribution in [3.05, 3.63) is 24.3 Å². The molecule has 1 aliphatic rings. The normalized spacial score (nSPS) is 17.0. The fourth-order valence-corrected chi connectivity index (χ4v) is 4.13. The van der Waals surface area contributed by atoms with Crippen LogP contribution in [0.1, 0.15) is 32.1 Å². The van der Waals surface area contributed by atoms with Gasteiger partial charge in [-0.1, -0.05) is 19.3 Å². The van der Waals surface area contributed by atoms with Crippen molar-refractivity contribution in [2.45, 2.75) is 43.0 Å². The number of hydrogen-bond acceptors (Lipinski definition) is 5. The third-order valence-electron chi connectivity index (χ3n) is 4.46. The Hall–Kier alpha value is -1.64. The van der Waals surface area contributed by atoms with Gasteiger partial charge in [-0.3, -0.25) is 4.79 Å². The van der Waals surface area contributed by atoms with Crippen LogP contribution in [-0.2, 0) is 14.8 Å². The molecule has 1 unspecified atom stereocenters. The van der Waals surface area contributed by atoms with E-state index in [-0.39, 0.29) is 4.90 Å². The molecule has 0 aliphatic heterocycles. The average molecular weight is 370 g/mol. The number of sulfonamides is 1. The maximum atomic E-state index is 12.4. The number of aliphatic hydroxyl groups excluding tert-OH is 1. The molecule has 0 heterocycles. The Morgan fingerprint density at radius 2 is 1.88 bits per heavy atom. The second kappa shape index (κ2) is 9.17. The zero-order valence-electron chi connectivity index (χ0n) is 14.4. The first-order valence-corrected chi connectivity index (χ1v) is 9.99. The second-order valence-corrected chi connectivity index (χ2v) is 8.00. The molecule has 1 fully saturated rings. The highest BCUT2D eigenvalue weighted by Crippen LogP contribution is 2.22. The summed E-state index contributed by atoms with van der Waals surface area (Å²) in [6.45, 7) is -0.0918. The third kappa shape index (κ3) is 5.69. The van der Waals surface area contributed by atoms with Crippen molar-refractivity contribution in [1.29, 1.82) is 0 Å².